The Labute approximate surface area is 134 Å². The molecule has 2 aromatic carbocycles. The van der Waals surface area contributed by atoms with Crippen molar-refractivity contribution < 1.29 is 9.21 Å². The molecule has 0 aliphatic rings. The number of rotatable bonds is 4. The van der Waals surface area contributed by atoms with E-state index in [1.54, 1.807) is 12.5 Å². The van der Waals surface area contributed by atoms with Crippen molar-refractivity contribution in [2.75, 3.05) is 5.32 Å². The molecule has 0 spiro atoms. The Morgan fingerprint density at radius 2 is 2.00 bits per heavy atom. The normalized spacial score (nSPS) is 10.3. The van der Waals surface area contributed by atoms with Crippen molar-refractivity contribution in [3.05, 3.63) is 73.1 Å². The highest BCUT2D eigenvalue weighted by molar-refractivity contribution is 6.01. The zero-order valence-corrected chi connectivity index (χ0v) is 12.7. The van der Waals surface area contributed by atoms with Crippen LogP contribution in [-0.2, 0) is 4.79 Å². The maximum absolute atomic E-state index is 11.6. The molecule has 0 saturated heterocycles. The molecule has 0 aliphatic heterocycles. The highest BCUT2D eigenvalue weighted by Gasteiger charge is 2.17. The average Bonchev–Trinajstić information content (AvgIpc) is 3.11. The molecule has 0 fully saturated rings. The second kappa shape index (κ2) is 6.32. The first kappa shape index (κ1) is 14.8. The lowest BCUT2D eigenvalue weighted by molar-refractivity contribution is -0.111. The lowest BCUT2D eigenvalue weighted by Crippen LogP contribution is -2.09. The van der Waals surface area contributed by atoms with E-state index in [9.17, 15) is 4.79 Å². The highest BCUT2D eigenvalue weighted by Crippen LogP contribution is 2.37. The van der Waals surface area contributed by atoms with Crippen LogP contribution in [0.15, 0.2) is 72.0 Å². The molecule has 1 heterocycles. The molecule has 1 amide bonds. The molecule has 1 N–H and O–H groups in total. The number of amides is 1. The molecular formula is C19H16N2O2. The summed E-state index contributed by atoms with van der Waals surface area (Å²) in [4.78, 5) is 15.9. The van der Waals surface area contributed by atoms with Gasteiger partial charge in [0.05, 0.1) is 6.20 Å². The SMILES string of the molecule is C=CC(=O)Nc1ccc(-c2ccccc2)c(-c2ncco2)c1C. The summed E-state index contributed by atoms with van der Waals surface area (Å²) in [6.07, 6.45) is 4.40. The van der Waals surface area contributed by atoms with Gasteiger partial charge in [0.2, 0.25) is 11.8 Å². The number of hydrogen-bond acceptors (Lipinski definition) is 3. The van der Waals surface area contributed by atoms with Crippen molar-refractivity contribution in [3.63, 3.8) is 0 Å². The van der Waals surface area contributed by atoms with E-state index in [0.29, 0.717) is 11.6 Å². The molecule has 23 heavy (non-hydrogen) atoms. The van der Waals surface area contributed by atoms with Gasteiger partial charge < -0.3 is 9.73 Å². The van der Waals surface area contributed by atoms with Gasteiger partial charge in [-0.2, -0.15) is 0 Å². The van der Waals surface area contributed by atoms with Crippen LogP contribution in [0, 0.1) is 6.92 Å². The zero-order chi connectivity index (χ0) is 16.2. The summed E-state index contributed by atoms with van der Waals surface area (Å²) in [5.74, 6) is 0.273. The van der Waals surface area contributed by atoms with Crippen LogP contribution in [0.2, 0.25) is 0 Å². The quantitative estimate of drug-likeness (QED) is 0.725. The molecule has 3 aromatic rings. The van der Waals surface area contributed by atoms with E-state index in [-0.39, 0.29) is 5.91 Å². The number of anilines is 1. The fraction of sp³-hybridized carbons (Fsp3) is 0.0526. The molecule has 0 bridgehead atoms. The van der Waals surface area contributed by atoms with Crippen molar-refractivity contribution in [3.8, 4) is 22.6 Å². The van der Waals surface area contributed by atoms with Gasteiger partial charge >= 0.3 is 0 Å². The molecule has 0 atom stereocenters. The number of nitrogens with zero attached hydrogens (tertiary/aromatic N) is 1. The van der Waals surface area contributed by atoms with Crippen LogP contribution in [-0.4, -0.2) is 10.9 Å². The summed E-state index contributed by atoms with van der Waals surface area (Å²) < 4.78 is 5.50. The van der Waals surface area contributed by atoms with Crippen LogP contribution in [0.3, 0.4) is 0 Å². The minimum Gasteiger partial charge on any atom is -0.444 e. The van der Waals surface area contributed by atoms with Crippen molar-refractivity contribution in [2.24, 2.45) is 0 Å². The van der Waals surface area contributed by atoms with E-state index >= 15 is 0 Å². The van der Waals surface area contributed by atoms with Crippen molar-refractivity contribution in [2.45, 2.75) is 6.92 Å². The summed E-state index contributed by atoms with van der Waals surface area (Å²) in [5, 5.41) is 2.81. The van der Waals surface area contributed by atoms with Gasteiger partial charge in [0.1, 0.15) is 6.26 Å². The van der Waals surface area contributed by atoms with Gasteiger partial charge in [0.25, 0.3) is 0 Å². The Bertz CT molecular complexity index is 837. The number of nitrogens with one attached hydrogen (secondary N) is 1. The molecule has 0 radical (unpaired) electrons. The van der Waals surface area contributed by atoms with Gasteiger partial charge in [-0.1, -0.05) is 43.0 Å². The van der Waals surface area contributed by atoms with Gasteiger partial charge in [-0.15, -0.1) is 0 Å². The molecule has 4 nitrogen and oxygen atoms in total. The predicted molar refractivity (Wildman–Crippen MR) is 90.9 cm³/mol. The summed E-state index contributed by atoms with van der Waals surface area (Å²) >= 11 is 0. The number of oxazole rings is 1. The van der Waals surface area contributed by atoms with Crippen molar-refractivity contribution in [1.29, 1.82) is 0 Å². The fourth-order valence-corrected chi connectivity index (χ4v) is 2.51. The highest BCUT2D eigenvalue weighted by atomic mass is 16.3. The number of benzene rings is 2. The number of hydrogen-bond donors (Lipinski definition) is 1. The second-order valence-corrected chi connectivity index (χ2v) is 5.06. The third-order valence-corrected chi connectivity index (χ3v) is 3.64. The maximum atomic E-state index is 11.6. The molecular weight excluding hydrogens is 288 g/mol. The number of carbonyl (C=O) groups excluding carboxylic acids is 1. The molecule has 3 rings (SSSR count). The Morgan fingerprint density at radius 3 is 2.65 bits per heavy atom. The molecule has 0 aliphatic carbocycles. The first-order valence-corrected chi connectivity index (χ1v) is 7.23. The smallest absolute Gasteiger partial charge is 0.247 e. The molecule has 0 saturated carbocycles. The topological polar surface area (TPSA) is 55.1 Å². The van der Waals surface area contributed by atoms with Crippen molar-refractivity contribution in [1.82, 2.24) is 4.98 Å². The van der Waals surface area contributed by atoms with Gasteiger partial charge in [-0.05, 0) is 35.8 Å². The molecule has 1 aromatic heterocycles. The van der Waals surface area contributed by atoms with Gasteiger partial charge in [-0.25, -0.2) is 4.98 Å². The maximum Gasteiger partial charge on any atom is 0.247 e. The Hall–Kier alpha value is -3.14. The first-order chi connectivity index (χ1) is 11.2. The van der Waals surface area contributed by atoms with E-state index in [1.807, 2.05) is 49.4 Å². The van der Waals surface area contributed by atoms with E-state index in [1.165, 1.54) is 6.08 Å². The van der Waals surface area contributed by atoms with Gasteiger partial charge in [-0.3, -0.25) is 4.79 Å². The standard InChI is InChI=1S/C19H16N2O2/c1-3-17(22)21-16-10-9-15(14-7-5-4-6-8-14)18(13(16)2)19-20-11-12-23-19/h3-12H,1H2,2H3,(H,21,22). The van der Waals surface area contributed by atoms with Crippen LogP contribution in [0.25, 0.3) is 22.6 Å². The number of aromatic nitrogens is 1. The Balaban J connectivity index is 2.20. The summed E-state index contributed by atoms with van der Waals surface area (Å²) in [5.41, 5.74) is 4.53. The lowest BCUT2D eigenvalue weighted by Gasteiger charge is -2.15. The molecule has 114 valence electrons. The van der Waals surface area contributed by atoms with Crippen LogP contribution in [0.4, 0.5) is 5.69 Å². The zero-order valence-electron chi connectivity index (χ0n) is 12.7. The third kappa shape index (κ3) is 2.92. The van der Waals surface area contributed by atoms with Crippen LogP contribution in [0.1, 0.15) is 5.56 Å². The Morgan fingerprint density at radius 1 is 1.22 bits per heavy atom. The minimum atomic E-state index is -0.251. The monoisotopic (exact) mass is 304 g/mol. The molecule has 4 heteroatoms. The van der Waals surface area contributed by atoms with E-state index in [4.69, 9.17) is 4.42 Å². The van der Waals surface area contributed by atoms with Gasteiger partial charge in [0, 0.05) is 11.3 Å². The lowest BCUT2D eigenvalue weighted by atomic mass is 9.94. The average molecular weight is 304 g/mol. The predicted octanol–water partition coefficient (Wildman–Crippen LogP) is 4.44. The van der Waals surface area contributed by atoms with E-state index in [0.717, 1.165) is 22.3 Å². The summed E-state index contributed by atoms with van der Waals surface area (Å²) in [7, 11) is 0. The third-order valence-electron chi connectivity index (χ3n) is 3.64. The van der Waals surface area contributed by atoms with Crippen LogP contribution >= 0.6 is 0 Å². The van der Waals surface area contributed by atoms with E-state index in [2.05, 4.69) is 16.9 Å². The Kier molecular flexibility index (Phi) is 4.06. The minimum absolute atomic E-state index is 0.251. The summed E-state index contributed by atoms with van der Waals surface area (Å²) in [6.45, 7) is 5.42. The fourth-order valence-electron chi connectivity index (χ4n) is 2.51. The van der Waals surface area contributed by atoms with E-state index < -0.39 is 0 Å². The van der Waals surface area contributed by atoms with Crippen LogP contribution < -0.4 is 5.32 Å². The van der Waals surface area contributed by atoms with Crippen molar-refractivity contribution >= 4 is 11.6 Å². The number of carbonyl (C=O) groups is 1. The summed E-state index contributed by atoms with van der Waals surface area (Å²) in [6, 6.07) is 13.8. The molecule has 0 unspecified atom stereocenters. The first-order valence-electron chi connectivity index (χ1n) is 7.23. The van der Waals surface area contributed by atoms with Gasteiger partial charge in [0.15, 0.2) is 0 Å². The second-order valence-electron chi connectivity index (χ2n) is 5.06. The largest absolute Gasteiger partial charge is 0.444 e. The van der Waals surface area contributed by atoms with Crippen LogP contribution in [0.5, 0.6) is 0 Å².